The Kier molecular flexibility index (Phi) is 5.41. The zero-order chi connectivity index (χ0) is 14.4. The molecule has 2 aromatic carbocycles. The smallest absolute Gasteiger partial charge is 0.106 e. The highest BCUT2D eigenvalue weighted by Gasteiger charge is 2.14. The van der Waals surface area contributed by atoms with Crippen LogP contribution in [0.15, 0.2) is 48.5 Å². The molecule has 0 saturated heterocycles. The Morgan fingerprint density at radius 3 is 2.55 bits per heavy atom. The summed E-state index contributed by atoms with van der Waals surface area (Å²) < 4.78 is 0. The van der Waals surface area contributed by atoms with E-state index in [9.17, 15) is 5.11 Å². The second-order valence-corrected chi connectivity index (χ2v) is 4.99. The van der Waals surface area contributed by atoms with Gasteiger partial charge in [-0.25, -0.2) is 0 Å². The van der Waals surface area contributed by atoms with Crippen LogP contribution in [0.5, 0.6) is 0 Å². The molecule has 106 valence electrons. The van der Waals surface area contributed by atoms with Gasteiger partial charge in [0.15, 0.2) is 0 Å². The Hall–Kier alpha value is -1.55. The maximum atomic E-state index is 10.5. The van der Waals surface area contributed by atoms with Gasteiger partial charge in [-0.15, -0.1) is 0 Å². The molecule has 0 amide bonds. The summed E-state index contributed by atoms with van der Waals surface area (Å²) in [5.41, 5.74) is 2.39. The molecule has 0 aliphatic heterocycles. The summed E-state index contributed by atoms with van der Waals surface area (Å²) in [6, 6.07) is 14.8. The molecule has 0 bridgehead atoms. The maximum Gasteiger partial charge on any atom is 0.106 e. The Balaban J connectivity index is 2.26. The average Bonchev–Trinajstić information content (AvgIpc) is 2.49. The first-order chi connectivity index (χ1) is 9.72. The van der Waals surface area contributed by atoms with E-state index in [4.69, 9.17) is 16.7 Å². The first-order valence-corrected chi connectivity index (χ1v) is 6.97. The standard InChI is InChI=1S/C16H18ClNO2/c17-13-7-8-15(18-9-4-10-19)14(11-13)16(20)12-5-2-1-3-6-12/h1-3,5-8,11,16,18-20H,4,9-10H2/t16-/m0/s1. The normalized spacial score (nSPS) is 12.2. The van der Waals surface area contributed by atoms with Crippen molar-refractivity contribution in [2.75, 3.05) is 18.5 Å². The number of nitrogens with one attached hydrogen (secondary N) is 1. The highest BCUT2D eigenvalue weighted by Crippen LogP contribution is 2.30. The number of benzene rings is 2. The van der Waals surface area contributed by atoms with Crippen LogP contribution in [0.25, 0.3) is 0 Å². The fraction of sp³-hybridized carbons (Fsp3) is 0.250. The highest BCUT2D eigenvalue weighted by molar-refractivity contribution is 6.30. The third kappa shape index (κ3) is 3.73. The van der Waals surface area contributed by atoms with E-state index in [1.807, 2.05) is 36.4 Å². The summed E-state index contributed by atoms with van der Waals surface area (Å²) in [6.45, 7) is 0.782. The number of halogens is 1. The summed E-state index contributed by atoms with van der Waals surface area (Å²) in [5.74, 6) is 0. The molecule has 0 aliphatic carbocycles. The van der Waals surface area contributed by atoms with Gasteiger partial charge in [-0.3, -0.25) is 0 Å². The molecule has 0 aromatic heterocycles. The summed E-state index contributed by atoms with van der Waals surface area (Å²) in [6.07, 6.45) is -0.0738. The van der Waals surface area contributed by atoms with Crippen LogP contribution in [0.1, 0.15) is 23.7 Å². The molecule has 3 N–H and O–H groups in total. The molecule has 0 spiro atoms. The van der Waals surface area contributed by atoms with Crippen LogP contribution < -0.4 is 5.32 Å². The summed E-state index contributed by atoms with van der Waals surface area (Å²) in [5, 5.41) is 23.1. The largest absolute Gasteiger partial charge is 0.396 e. The minimum Gasteiger partial charge on any atom is -0.396 e. The maximum absolute atomic E-state index is 10.5. The van der Waals surface area contributed by atoms with Gasteiger partial charge < -0.3 is 15.5 Å². The first-order valence-electron chi connectivity index (χ1n) is 6.59. The Labute approximate surface area is 123 Å². The van der Waals surface area contributed by atoms with E-state index in [-0.39, 0.29) is 6.61 Å². The van der Waals surface area contributed by atoms with Crippen molar-refractivity contribution in [3.05, 3.63) is 64.7 Å². The number of aliphatic hydroxyl groups excluding tert-OH is 2. The predicted molar refractivity (Wildman–Crippen MR) is 82.1 cm³/mol. The highest BCUT2D eigenvalue weighted by atomic mass is 35.5. The van der Waals surface area contributed by atoms with Gasteiger partial charge in [-0.2, -0.15) is 0 Å². The predicted octanol–water partition coefficient (Wildman–Crippen LogP) is 3.22. The van der Waals surface area contributed by atoms with Crippen molar-refractivity contribution in [3.63, 3.8) is 0 Å². The van der Waals surface area contributed by atoms with Crippen LogP contribution in [-0.4, -0.2) is 23.4 Å². The van der Waals surface area contributed by atoms with Crippen molar-refractivity contribution >= 4 is 17.3 Å². The Morgan fingerprint density at radius 1 is 1.10 bits per heavy atom. The van der Waals surface area contributed by atoms with E-state index < -0.39 is 6.10 Å². The molecule has 0 heterocycles. The van der Waals surface area contributed by atoms with Crippen LogP contribution >= 0.6 is 11.6 Å². The summed E-state index contributed by atoms with van der Waals surface area (Å²) in [4.78, 5) is 0. The minimum absolute atomic E-state index is 0.136. The van der Waals surface area contributed by atoms with Gasteiger partial charge in [-0.1, -0.05) is 41.9 Å². The molecular formula is C16H18ClNO2. The molecular weight excluding hydrogens is 274 g/mol. The van der Waals surface area contributed by atoms with Gasteiger partial charge in [0.25, 0.3) is 0 Å². The van der Waals surface area contributed by atoms with Gasteiger partial charge in [-0.05, 0) is 30.2 Å². The van der Waals surface area contributed by atoms with Crippen molar-refractivity contribution in [1.82, 2.24) is 0 Å². The summed E-state index contributed by atoms with van der Waals surface area (Å²) >= 11 is 6.03. The Morgan fingerprint density at radius 2 is 1.85 bits per heavy atom. The van der Waals surface area contributed by atoms with Crippen molar-refractivity contribution in [2.24, 2.45) is 0 Å². The molecule has 20 heavy (non-hydrogen) atoms. The molecule has 0 fully saturated rings. The quantitative estimate of drug-likeness (QED) is 0.716. The van der Waals surface area contributed by atoms with E-state index in [0.29, 0.717) is 18.0 Å². The number of hydrogen-bond donors (Lipinski definition) is 3. The van der Waals surface area contributed by atoms with Gasteiger partial charge >= 0.3 is 0 Å². The van der Waals surface area contributed by atoms with E-state index in [1.54, 1.807) is 12.1 Å². The van der Waals surface area contributed by atoms with Crippen molar-refractivity contribution in [3.8, 4) is 0 Å². The first kappa shape index (κ1) is 14.9. The monoisotopic (exact) mass is 291 g/mol. The van der Waals surface area contributed by atoms with Crippen LogP contribution in [0.2, 0.25) is 5.02 Å². The zero-order valence-electron chi connectivity index (χ0n) is 11.1. The lowest BCUT2D eigenvalue weighted by Crippen LogP contribution is -2.09. The van der Waals surface area contributed by atoms with E-state index >= 15 is 0 Å². The molecule has 2 aromatic rings. The SMILES string of the molecule is OCCCNc1ccc(Cl)cc1[C@@H](O)c1ccccc1. The molecule has 4 heteroatoms. The van der Waals surface area contributed by atoms with Crippen LogP contribution in [-0.2, 0) is 0 Å². The van der Waals surface area contributed by atoms with E-state index in [2.05, 4.69) is 5.32 Å². The summed E-state index contributed by atoms with van der Waals surface area (Å²) in [7, 11) is 0. The molecule has 2 rings (SSSR count). The average molecular weight is 292 g/mol. The lowest BCUT2D eigenvalue weighted by Gasteiger charge is -2.17. The fourth-order valence-corrected chi connectivity index (χ4v) is 2.22. The third-order valence-corrected chi connectivity index (χ3v) is 3.31. The molecule has 1 atom stereocenters. The van der Waals surface area contributed by atoms with Crippen molar-refractivity contribution in [2.45, 2.75) is 12.5 Å². The Bertz CT molecular complexity index is 545. The number of aliphatic hydroxyl groups is 2. The van der Waals surface area contributed by atoms with E-state index in [1.165, 1.54) is 0 Å². The van der Waals surface area contributed by atoms with Crippen molar-refractivity contribution < 1.29 is 10.2 Å². The third-order valence-electron chi connectivity index (χ3n) is 3.07. The molecule has 0 radical (unpaired) electrons. The second-order valence-electron chi connectivity index (χ2n) is 4.55. The minimum atomic E-state index is -0.730. The second kappa shape index (κ2) is 7.29. The fourth-order valence-electron chi connectivity index (χ4n) is 2.04. The number of hydrogen-bond acceptors (Lipinski definition) is 3. The number of anilines is 1. The molecule has 0 aliphatic rings. The van der Waals surface area contributed by atoms with Crippen LogP contribution in [0, 0.1) is 0 Å². The van der Waals surface area contributed by atoms with Gasteiger partial charge in [0.05, 0.1) is 0 Å². The van der Waals surface area contributed by atoms with Crippen LogP contribution in [0.4, 0.5) is 5.69 Å². The number of rotatable bonds is 6. The van der Waals surface area contributed by atoms with Gasteiger partial charge in [0.2, 0.25) is 0 Å². The van der Waals surface area contributed by atoms with E-state index in [0.717, 1.165) is 16.8 Å². The molecule has 0 unspecified atom stereocenters. The molecule has 0 saturated carbocycles. The van der Waals surface area contributed by atoms with Crippen molar-refractivity contribution in [1.29, 1.82) is 0 Å². The van der Waals surface area contributed by atoms with Crippen LogP contribution in [0.3, 0.4) is 0 Å². The molecule has 3 nitrogen and oxygen atoms in total. The lowest BCUT2D eigenvalue weighted by molar-refractivity contribution is 0.221. The van der Waals surface area contributed by atoms with Gasteiger partial charge in [0.1, 0.15) is 6.10 Å². The lowest BCUT2D eigenvalue weighted by atomic mass is 10.00. The topological polar surface area (TPSA) is 52.5 Å². The van der Waals surface area contributed by atoms with Gasteiger partial charge in [0, 0.05) is 29.4 Å². The zero-order valence-corrected chi connectivity index (χ0v) is 11.8.